The van der Waals surface area contributed by atoms with Crippen LogP contribution in [0.25, 0.3) is 6.08 Å². The Morgan fingerprint density at radius 3 is 2.33 bits per heavy atom. The first-order valence-corrected chi connectivity index (χ1v) is 13.4. The zero-order valence-corrected chi connectivity index (χ0v) is 23.5. The topological polar surface area (TPSA) is 108 Å². The van der Waals surface area contributed by atoms with Gasteiger partial charge in [-0.15, -0.1) is 0 Å². The Labute approximate surface area is 236 Å². The van der Waals surface area contributed by atoms with Crippen molar-refractivity contribution in [2.75, 3.05) is 20.3 Å². The van der Waals surface area contributed by atoms with Gasteiger partial charge >= 0.3 is 0 Å². The monoisotopic (exact) mass is 562 g/mol. The molecule has 3 aromatic rings. The van der Waals surface area contributed by atoms with Crippen LogP contribution in [0.15, 0.2) is 71.6 Å². The average molecular weight is 563 g/mol. The number of benzene rings is 3. The van der Waals surface area contributed by atoms with Gasteiger partial charge in [0.05, 0.1) is 23.5 Å². The summed E-state index contributed by atoms with van der Waals surface area (Å²) in [6, 6.07) is 19.2. The van der Waals surface area contributed by atoms with Crippen LogP contribution in [0, 0.1) is 10.1 Å². The zero-order valence-electron chi connectivity index (χ0n) is 22.7. The van der Waals surface area contributed by atoms with E-state index in [1.54, 1.807) is 30.3 Å². The number of rotatable bonds is 10. The Hall–Kier alpha value is -4.31. The summed E-state index contributed by atoms with van der Waals surface area (Å²) in [6.45, 7) is 6.93. The first-order valence-electron chi connectivity index (χ1n) is 12.6. The number of hydrogen-bond acceptors (Lipinski definition) is 8. The van der Waals surface area contributed by atoms with Crippen LogP contribution in [-0.4, -0.2) is 41.3 Å². The fourth-order valence-electron chi connectivity index (χ4n) is 4.04. The second-order valence-electron chi connectivity index (χ2n) is 10.0. The van der Waals surface area contributed by atoms with Gasteiger partial charge in [-0.05, 0) is 58.6 Å². The van der Waals surface area contributed by atoms with Gasteiger partial charge in [0.1, 0.15) is 19.0 Å². The van der Waals surface area contributed by atoms with Gasteiger partial charge in [0.25, 0.3) is 16.8 Å². The third-order valence-electron chi connectivity index (χ3n) is 6.21. The molecule has 0 N–H and O–H groups in total. The fraction of sp³-hybridized carbons (Fsp3) is 0.267. The summed E-state index contributed by atoms with van der Waals surface area (Å²) in [5.41, 5.74) is 2.07. The minimum atomic E-state index is -0.531. The minimum Gasteiger partial charge on any atom is -0.493 e. The molecule has 3 aromatic carbocycles. The van der Waals surface area contributed by atoms with E-state index in [-0.39, 0.29) is 28.1 Å². The van der Waals surface area contributed by atoms with Gasteiger partial charge in [-0.25, -0.2) is 0 Å². The highest BCUT2D eigenvalue weighted by molar-refractivity contribution is 8.18. The number of amides is 2. The van der Waals surface area contributed by atoms with E-state index in [9.17, 15) is 19.7 Å². The van der Waals surface area contributed by atoms with E-state index in [4.69, 9.17) is 14.2 Å². The summed E-state index contributed by atoms with van der Waals surface area (Å²) in [7, 11) is 1.51. The first-order chi connectivity index (χ1) is 19.1. The molecule has 2 amide bonds. The average Bonchev–Trinajstić information content (AvgIpc) is 3.18. The molecule has 1 heterocycles. The molecule has 0 aliphatic carbocycles. The standard InChI is InChI=1S/C30H30N2O7S/c1-30(2,3)22-10-12-23(13-11-22)38-15-16-39-25-14-9-20(17-26(25)37-4)18-27-28(33)31(29(34)40-27)19-21-7-5-6-8-24(21)32(35)36/h5-14,17-18H,15-16,19H2,1-4H3/b27-18-. The van der Waals surface area contributed by atoms with Gasteiger partial charge in [0.2, 0.25) is 0 Å². The van der Waals surface area contributed by atoms with Gasteiger partial charge in [0, 0.05) is 11.6 Å². The lowest BCUT2D eigenvalue weighted by molar-refractivity contribution is -0.385. The number of thioether (sulfide) groups is 1. The molecule has 4 rings (SSSR count). The number of hydrogen-bond donors (Lipinski definition) is 0. The molecule has 0 radical (unpaired) electrons. The number of imide groups is 1. The zero-order chi connectivity index (χ0) is 28.9. The molecule has 0 saturated carbocycles. The van der Waals surface area contributed by atoms with E-state index in [0.717, 1.165) is 22.4 Å². The van der Waals surface area contributed by atoms with Crippen LogP contribution in [-0.2, 0) is 16.8 Å². The predicted molar refractivity (Wildman–Crippen MR) is 154 cm³/mol. The van der Waals surface area contributed by atoms with Gasteiger partial charge in [0.15, 0.2) is 11.5 Å². The highest BCUT2D eigenvalue weighted by Crippen LogP contribution is 2.36. The van der Waals surface area contributed by atoms with Crippen LogP contribution >= 0.6 is 11.8 Å². The summed E-state index contributed by atoms with van der Waals surface area (Å²) >= 11 is 0.785. The first kappa shape index (κ1) is 28.7. The smallest absolute Gasteiger partial charge is 0.293 e. The molecule has 1 aliphatic rings. The van der Waals surface area contributed by atoms with Crippen LogP contribution in [0.5, 0.6) is 17.2 Å². The van der Waals surface area contributed by atoms with E-state index in [2.05, 4.69) is 32.9 Å². The molecule has 0 atom stereocenters. The summed E-state index contributed by atoms with van der Waals surface area (Å²) in [5, 5.41) is 10.8. The van der Waals surface area contributed by atoms with Crippen LogP contribution < -0.4 is 14.2 Å². The largest absolute Gasteiger partial charge is 0.493 e. The van der Waals surface area contributed by atoms with Gasteiger partial charge < -0.3 is 14.2 Å². The van der Waals surface area contributed by atoms with Crippen LogP contribution in [0.3, 0.4) is 0 Å². The second-order valence-corrected chi connectivity index (χ2v) is 11.0. The molecule has 1 aliphatic heterocycles. The summed E-state index contributed by atoms with van der Waals surface area (Å²) in [5.74, 6) is 1.22. The molecule has 0 unspecified atom stereocenters. The third kappa shape index (κ3) is 6.81. The number of nitro groups is 1. The molecule has 9 nitrogen and oxygen atoms in total. The predicted octanol–water partition coefficient (Wildman–Crippen LogP) is 6.60. The van der Waals surface area contributed by atoms with Crippen LogP contribution in [0.2, 0.25) is 0 Å². The van der Waals surface area contributed by atoms with Crippen LogP contribution in [0.4, 0.5) is 10.5 Å². The van der Waals surface area contributed by atoms with Crippen molar-refractivity contribution >= 4 is 34.7 Å². The van der Waals surface area contributed by atoms with Gasteiger partial charge in [-0.3, -0.25) is 24.6 Å². The number of nitrogens with zero attached hydrogens (tertiary/aromatic N) is 2. The molecular formula is C30H30N2O7S. The van der Waals surface area contributed by atoms with E-state index < -0.39 is 16.1 Å². The maximum absolute atomic E-state index is 13.0. The normalized spacial score (nSPS) is 14.5. The lowest BCUT2D eigenvalue weighted by Gasteiger charge is -2.19. The Morgan fingerprint density at radius 1 is 0.950 bits per heavy atom. The number of carbonyl (C=O) groups is 2. The van der Waals surface area contributed by atoms with Crippen molar-refractivity contribution in [3.05, 3.63) is 98.4 Å². The molecular weight excluding hydrogens is 532 g/mol. The number of nitro benzene ring substituents is 1. The summed E-state index contributed by atoms with van der Waals surface area (Å²) < 4.78 is 17.1. The molecule has 40 heavy (non-hydrogen) atoms. The third-order valence-corrected chi connectivity index (χ3v) is 7.11. The van der Waals surface area contributed by atoms with Crippen molar-refractivity contribution < 1.29 is 28.7 Å². The second kappa shape index (κ2) is 12.3. The van der Waals surface area contributed by atoms with Gasteiger partial charge in [-0.1, -0.05) is 57.2 Å². The maximum atomic E-state index is 13.0. The number of para-hydroxylation sites is 1. The van der Waals surface area contributed by atoms with E-state index >= 15 is 0 Å². The Kier molecular flexibility index (Phi) is 8.79. The highest BCUT2D eigenvalue weighted by atomic mass is 32.2. The van der Waals surface area contributed by atoms with E-state index in [1.807, 2.05) is 12.1 Å². The Bertz CT molecular complexity index is 1450. The van der Waals surface area contributed by atoms with E-state index in [1.165, 1.54) is 30.9 Å². The molecule has 10 heteroatoms. The van der Waals surface area contributed by atoms with Crippen molar-refractivity contribution in [3.63, 3.8) is 0 Å². The molecule has 1 fully saturated rings. The Morgan fingerprint density at radius 2 is 1.65 bits per heavy atom. The maximum Gasteiger partial charge on any atom is 0.293 e. The molecule has 1 saturated heterocycles. The number of methoxy groups -OCH3 is 1. The SMILES string of the molecule is COc1cc(/C=C2\SC(=O)N(Cc3ccccc3[N+](=O)[O-])C2=O)ccc1OCCOc1ccc(C(C)(C)C)cc1. The van der Waals surface area contributed by atoms with Crippen molar-refractivity contribution in [2.24, 2.45) is 0 Å². The van der Waals surface area contributed by atoms with Gasteiger partial charge in [-0.2, -0.15) is 0 Å². The van der Waals surface area contributed by atoms with Crippen molar-refractivity contribution in [3.8, 4) is 17.2 Å². The molecule has 0 spiro atoms. The number of ether oxygens (including phenoxy) is 3. The lowest BCUT2D eigenvalue weighted by Crippen LogP contribution is -2.27. The van der Waals surface area contributed by atoms with Crippen molar-refractivity contribution in [1.82, 2.24) is 4.90 Å². The highest BCUT2D eigenvalue weighted by Gasteiger charge is 2.36. The Balaban J connectivity index is 1.38. The molecule has 0 bridgehead atoms. The summed E-state index contributed by atoms with van der Waals surface area (Å²) in [4.78, 5) is 37.5. The minimum absolute atomic E-state index is 0.0737. The summed E-state index contributed by atoms with van der Waals surface area (Å²) in [6.07, 6.45) is 1.58. The molecule has 0 aromatic heterocycles. The van der Waals surface area contributed by atoms with Crippen molar-refractivity contribution in [2.45, 2.75) is 32.7 Å². The quantitative estimate of drug-likeness (QED) is 0.118. The molecule has 208 valence electrons. The lowest BCUT2D eigenvalue weighted by atomic mass is 9.87. The van der Waals surface area contributed by atoms with Crippen LogP contribution in [0.1, 0.15) is 37.5 Å². The number of carbonyl (C=O) groups excluding carboxylic acids is 2. The van der Waals surface area contributed by atoms with E-state index in [0.29, 0.717) is 30.3 Å². The van der Waals surface area contributed by atoms with Crippen molar-refractivity contribution in [1.29, 1.82) is 0 Å². The fourth-order valence-corrected chi connectivity index (χ4v) is 4.87.